The fraction of sp³-hybridized carbons (Fsp3) is 0.750. The third kappa shape index (κ3) is 16.4. The van der Waals surface area contributed by atoms with Crippen LogP contribution in [0.4, 0.5) is 0 Å². The molecule has 1 atom stereocenters. The summed E-state index contributed by atoms with van der Waals surface area (Å²) < 4.78 is 0. The lowest BCUT2D eigenvalue weighted by molar-refractivity contribution is -0.160. The van der Waals surface area contributed by atoms with Crippen molar-refractivity contribution < 1.29 is 25.0 Å². The molecule has 0 amide bonds. The highest BCUT2D eigenvalue weighted by atomic mass is 17.1. The monoisotopic (exact) mass is 368 g/mol. The number of carboxylic acid groups (broad SMARTS) is 1. The number of aliphatic carboxylic acids is 1. The highest BCUT2D eigenvalue weighted by Crippen LogP contribution is 2.25. The molecule has 0 radical (unpaired) electrons. The zero-order chi connectivity index (χ0) is 19.5. The zero-order valence-corrected chi connectivity index (χ0v) is 16.3. The highest BCUT2D eigenvalue weighted by molar-refractivity contribution is 6.44. The second-order valence-electron chi connectivity index (χ2n) is 6.85. The van der Waals surface area contributed by atoms with E-state index < -0.39 is 13.1 Å². The average Bonchev–Trinajstić information content (AvgIpc) is 2.63. The van der Waals surface area contributed by atoms with Crippen LogP contribution in [-0.2, 0) is 9.60 Å². The smallest absolute Gasteiger partial charge is 0.481 e. The summed E-state index contributed by atoms with van der Waals surface area (Å²) in [4.78, 5) is 14.5. The molecule has 0 saturated heterocycles. The molecule has 3 N–H and O–H groups in total. The summed E-state index contributed by atoms with van der Waals surface area (Å²) in [6, 6.07) is 0. The van der Waals surface area contributed by atoms with Gasteiger partial charge in [-0.25, -0.2) is 0 Å². The number of hydrogen-bond donors (Lipinski definition) is 3. The van der Waals surface area contributed by atoms with E-state index >= 15 is 0 Å². The molecule has 0 aliphatic carbocycles. The summed E-state index contributed by atoms with van der Waals surface area (Å²) in [6.45, 7) is 2.20. The van der Waals surface area contributed by atoms with Crippen LogP contribution in [0.3, 0.4) is 0 Å². The maximum Gasteiger partial charge on any atom is 0.490 e. The van der Waals surface area contributed by atoms with Gasteiger partial charge in [0.15, 0.2) is 0 Å². The van der Waals surface area contributed by atoms with Crippen LogP contribution in [0.15, 0.2) is 24.3 Å². The molecule has 0 bridgehead atoms. The summed E-state index contributed by atoms with van der Waals surface area (Å²) in [5, 5.41) is 27.1. The first-order chi connectivity index (χ1) is 12.6. The molecule has 0 fully saturated rings. The molecule has 0 heterocycles. The van der Waals surface area contributed by atoms with Gasteiger partial charge in [0.05, 0.1) is 0 Å². The fourth-order valence-electron chi connectivity index (χ4n) is 2.89. The van der Waals surface area contributed by atoms with Gasteiger partial charge in [-0.3, -0.25) is 14.9 Å². The van der Waals surface area contributed by atoms with Gasteiger partial charge in [0.25, 0.3) is 0 Å². The van der Waals surface area contributed by atoms with Crippen molar-refractivity contribution in [3.63, 3.8) is 0 Å². The number of carboxylic acids is 1. The second kappa shape index (κ2) is 18.7. The lowest BCUT2D eigenvalue weighted by Gasteiger charge is -2.16. The number of hydrogen-bond acceptors (Lipinski definition) is 4. The number of unbranched alkanes of at least 4 members (excludes halogenated alkanes) is 6. The Balaban J connectivity index is 3.84. The molecule has 0 aromatic heterocycles. The highest BCUT2D eigenvalue weighted by Gasteiger charge is 2.25. The van der Waals surface area contributed by atoms with Crippen LogP contribution in [-0.4, -0.2) is 28.5 Å². The number of rotatable bonds is 18. The van der Waals surface area contributed by atoms with Crippen LogP contribution in [0.5, 0.6) is 0 Å². The maximum atomic E-state index is 10.4. The quantitative estimate of drug-likeness (QED) is 0.0962. The molecule has 150 valence electrons. The molecule has 0 aliphatic heterocycles. The molecule has 0 aliphatic rings. The minimum absolute atomic E-state index is 0.0395. The second-order valence-corrected chi connectivity index (χ2v) is 6.85. The van der Waals surface area contributed by atoms with E-state index in [2.05, 4.69) is 23.9 Å². The van der Waals surface area contributed by atoms with Crippen LogP contribution in [0.1, 0.15) is 90.4 Å². The summed E-state index contributed by atoms with van der Waals surface area (Å²) in [5.74, 6) is -0.787. The first-order valence-electron chi connectivity index (χ1n) is 10.1. The Kier molecular flexibility index (Phi) is 17.9. The van der Waals surface area contributed by atoms with Gasteiger partial charge in [-0.05, 0) is 37.9 Å². The standard InChI is InChI=1S/C20H37BO5/c1-2-3-4-5-10-13-16-19(21(24)26-25)17-14-11-8-6-7-9-12-15-18-20(22)23/h7-9,11,19,24-25H,2-6,10,12-18H2,1H3,(H,22,23). The Morgan fingerprint density at radius 2 is 1.62 bits per heavy atom. The van der Waals surface area contributed by atoms with E-state index in [9.17, 15) is 9.82 Å². The summed E-state index contributed by atoms with van der Waals surface area (Å²) in [6.07, 6.45) is 20.5. The van der Waals surface area contributed by atoms with E-state index in [1.807, 2.05) is 12.2 Å². The Bertz CT molecular complexity index is 384. The molecule has 1 unspecified atom stereocenters. The van der Waals surface area contributed by atoms with Crippen LogP contribution in [0.25, 0.3) is 0 Å². The van der Waals surface area contributed by atoms with Gasteiger partial charge in [0, 0.05) is 6.42 Å². The molecule has 26 heavy (non-hydrogen) atoms. The predicted octanol–water partition coefficient (Wildman–Crippen LogP) is 5.61. The summed E-state index contributed by atoms with van der Waals surface area (Å²) in [5.41, 5.74) is 0. The Morgan fingerprint density at radius 1 is 0.962 bits per heavy atom. The molecule has 0 spiro atoms. The van der Waals surface area contributed by atoms with Crippen molar-refractivity contribution in [1.82, 2.24) is 0 Å². The predicted molar refractivity (Wildman–Crippen MR) is 107 cm³/mol. The van der Waals surface area contributed by atoms with E-state index in [1.165, 1.54) is 25.7 Å². The topological polar surface area (TPSA) is 87.0 Å². The van der Waals surface area contributed by atoms with Gasteiger partial charge in [0.2, 0.25) is 0 Å². The summed E-state index contributed by atoms with van der Waals surface area (Å²) >= 11 is 0. The van der Waals surface area contributed by atoms with Crippen LogP contribution in [0.2, 0.25) is 5.82 Å². The van der Waals surface area contributed by atoms with Crippen molar-refractivity contribution in [1.29, 1.82) is 0 Å². The van der Waals surface area contributed by atoms with Crippen molar-refractivity contribution in [2.24, 2.45) is 0 Å². The van der Waals surface area contributed by atoms with E-state index in [-0.39, 0.29) is 12.2 Å². The molecular formula is C20H37BO5. The van der Waals surface area contributed by atoms with Gasteiger partial charge < -0.3 is 10.1 Å². The van der Waals surface area contributed by atoms with Crippen molar-refractivity contribution in [3.05, 3.63) is 24.3 Å². The lowest BCUT2D eigenvalue weighted by atomic mass is 9.67. The number of carbonyl (C=O) groups is 1. The van der Waals surface area contributed by atoms with E-state index in [4.69, 9.17) is 10.4 Å². The molecule has 0 rings (SSSR count). The normalized spacial score (nSPS) is 12.9. The summed E-state index contributed by atoms with van der Waals surface area (Å²) in [7, 11) is -1.10. The Morgan fingerprint density at radius 3 is 2.27 bits per heavy atom. The molecule has 0 aromatic carbocycles. The number of allylic oxidation sites excluding steroid dienone is 4. The molecule has 6 heteroatoms. The Labute approximate surface area is 159 Å². The Hall–Kier alpha value is -1.11. The van der Waals surface area contributed by atoms with Gasteiger partial charge in [-0.1, -0.05) is 76.2 Å². The molecular weight excluding hydrogens is 331 g/mol. The van der Waals surface area contributed by atoms with Crippen molar-refractivity contribution in [3.8, 4) is 0 Å². The SMILES string of the molecule is CCCCCCCCC(CCC=CCC=CCCCC(=O)O)B(O)OO. The van der Waals surface area contributed by atoms with Gasteiger partial charge in [0.1, 0.15) is 0 Å². The fourth-order valence-corrected chi connectivity index (χ4v) is 2.89. The first kappa shape index (κ1) is 24.9. The third-order valence-electron chi connectivity index (χ3n) is 4.51. The van der Waals surface area contributed by atoms with E-state index in [0.717, 1.165) is 44.9 Å². The largest absolute Gasteiger partial charge is 0.490 e. The maximum absolute atomic E-state index is 10.4. The van der Waals surface area contributed by atoms with Gasteiger partial charge in [-0.15, -0.1) is 0 Å². The minimum Gasteiger partial charge on any atom is -0.481 e. The van der Waals surface area contributed by atoms with E-state index in [1.54, 1.807) is 0 Å². The zero-order valence-electron chi connectivity index (χ0n) is 16.3. The molecule has 0 aromatic rings. The van der Waals surface area contributed by atoms with E-state index in [0.29, 0.717) is 6.42 Å². The minimum atomic E-state index is -1.10. The van der Waals surface area contributed by atoms with Crippen LogP contribution < -0.4 is 0 Å². The van der Waals surface area contributed by atoms with Crippen LogP contribution >= 0.6 is 0 Å². The molecule has 5 nitrogen and oxygen atoms in total. The van der Waals surface area contributed by atoms with Crippen molar-refractivity contribution in [2.45, 2.75) is 96.2 Å². The van der Waals surface area contributed by atoms with Gasteiger partial charge >= 0.3 is 13.1 Å². The van der Waals surface area contributed by atoms with Crippen molar-refractivity contribution >= 4 is 13.1 Å². The lowest BCUT2D eigenvalue weighted by Crippen LogP contribution is -2.23. The molecule has 0 saturated carbocycles. The third-order valence-corrected chi connectivity index (χ3v) is 4.51. The van der Waals surface area contributed by atoms with Crippen molar-refractivity contribution in [2.75, 3.05) is 0 Å². The average molecular weight is 368 g/mol. The van der Waals surface area contributed by atoms with Crippen LogP contribution in [0, 0.1) is 0 Å². The first-order valence-corrected chi connectivity index (χ1v) is 10.1. The van der Waals surface area contributed by atoms with Gasteiger partial charge in [-0.2, -0.15) is 0 Å².